The fourth-order valence-electron chi connectivity index (χ4n) is 3.56. The van der Waals surface area contributed by atoms with Crippen LogP contribution in [-0.2, 0) is 21.5 Å². The van der Waals surface area contributed by atoms with Crippen LogP contribution in [0.15, 0.2) is 24.3 Å². The summed E-state index contributed by atoms with van der Waals surface area (Å²) in [5.74, 6) is -0.728. The second-order valence-electron chi connectivity index (χ2n) is 7.37. The zero-order chi connectivity index (χ0) is 19.6. The minimum atomic E-state index is -1.10. The summed E-state index contributed by atoms with van der Waals surface area (Å²) < 4.78 is 0. The number of benzene rings is 1. The molecule has 1 aliphatic carbocycles. The van der Waals surface area contributed by atoms with Crippen LogP contribution in [0.4, 0.5) is 9.59 Å². The summed E-state index contributed by atoms with van der Waals surface area (Å²) in [7, 11) is 0. The molecule has 1 aromatic rings. The van der Waals surface area contributed by atoms with Gasteiger partial charge in [0.2, 0.25) is 5.91 Å². The second kappa shape index (κ2) is 7.38. The Morgan fingerprint density at radius 2 is 2.00 bits per heavy atom. The van der Waals surface area contributed by atoms with Gasteiger partial charge in [-0.1, -0.05) is 38.1 Å². The van der Waals surface area contributed by atoms with Gasteiger partial charge in [0.15, 0.2) is 0 Å². The lowest BCUT2D eigenvalue weighted by atomic mass is 9.92. The molecule has 3 rings (SSSR count). The molecule has 1 spiro atoms. The minimum absolute atomic E-state index is 0.428. The number of fused-ring (bicyclic) bond motifs is 2. The number of hydrogen-bond donors (Lipinski definition) is 3. The molecule has 1 aliphatic heterocycles. The van der Waals surface area contributed by atoms with E-state index >= 15 is 0 Å². The van der Waals surface area contributed by atoms with Crippen LogP contribution in [0.5, 0.6) is 0 Å². The molecule has 1 atom stereocenters. The third-order valence-electron chi connectivity index (χ3n) is 4.98. The second-order valence-corrected chi connectivity index (χ2v) is 7.37. The molecule has 1 saturated heterocycles. The van der Waals surface area contributed by atoms with E-state index in [0.29, 0.717) is 25.3 Å². The molecule has 1 heterocycles. The van der Waals surface area contributed by atoms with Crippen LogP contribution < -0.4 is 16.0 Å². The summed E-state index contributed by atoms with van der Waals surface area (Å²) in [4.78, 5) is 50.0. The van der Waals surface area contributed by atoms with Gasteiger partial charge in [-0.2, -0.15) is 0 Å². The number of aryl methyl sites for hydroxylation is 1. The smallest absolute Gasteiger partial charge is 0.325 e. The zero-order valence-electron chi connectivity index (χ0n) is 15.5. The molecular weight excluding hydrogens is 348 g/mol. The van der Waals surface area contributed by atoms with Crippen LogP contribution in [-0.4, -0.2) is 41.9 Å². The van der Waals surface area contributed by atoms with Gasteiger partial charge in [-0.25, -0.2) is 9.59 Å². The van der Waals surface area contributed by atoms with Crippen molar-refractivity contribution in [1.29, 1.82) is 0 Å². The van der Waals surface area contributed by atoms with Crippen molar-refractivity contribution in [2.45, 2.75) is 38.6 Å². The Balaban J connectivity index is 1.62. The summed E-state index contributed by atoms with van der Waals surface area (Å²) in [6.07, 6.45) is 1.93. The molecule has 0 unspecified atom stereocenters. The van der Waals surface area contributed by atoms with Gasteiger partial charge in [-0.15, -0.1) is 0 Å². The molecule has 0 aromatic heterocycles. The average Bonchev–Trinajstić information content (AvgIpc) is 3.08. The Morgan fingerprint density at radius 1 is 1.26 bits per heavy atom. The summed E-state index contributed by atoms with van der Waals surface area (Å²) in [6, 6.07) is 6.22. The number of rotatable bonds is 5. The third kappa shape index (κ3) is 3.65. The summed E-state index contributed by atoms with van der Waals surface area (Å²) >= 11 is 0. The van der Waals surface area contributed by atoms with Crippen LogP contribution >= 0.6 is 0 Å². The minimum Gasteiger partial charge on any atom is -0.338 e. The predicted molar refractivity (Wildman–Crippen MR) is 97.7 cm³/mol. The predicted octanol–water partition coefficient (Wildman–Crippen LogP) is 1.25. The van der Waals surface area contributed by atoms with Crippen molar-refractivity contribution in [3.63, 3.8) is 0 Å². The SMILES string of the molecule is CC(C)CCNC(=O)NC(=O)CN1C(=O)N[C@]2(CCc3ccccc32)C1=O. The molecule has 27 heavy (non-hydrogen) atoms. The van der Waals surface area contributed by atoms with Gasteiger partial charge in [-0.05, 0) is 36.3 Å². The average molecular weight is 372 g/mol. The van der Waals surface area contributed by atoms with Crippen LogP contribution in [0.2, 0.25) is 0 Å². The van der Waals surface area contributed by atoms with Crippen LogP contribution in [0.3, 0.4) is 0 Å². The number of carbonyl (C=O) groups is 4. The molecule has 1 aromatic carbocycles. The van der Waals surface area contributed by atoms with Crippen LogP contribution in [0.1, 0.15) is 37.8 Å². The van der Waals surface area contributed by atoms with E-state index in [1.165, 1.54) is 0 Å². The number of hydrogen-bond acceptors (Lipinski definition) is 4. The number of nitrogens with zero attached hydrogens (tertiary/aromatic N) is 1. The van der Waals surface area contributed by atoms with E-state index in [4.69, 9.17) is 0 Å². The largest absolute Gasteiger partial charge is 0.338 e. The Hall–Kier alpha value is -2.90. The van der Waals surface area contributed by atoms with Gasteiger partial charge in [0.25, 0.3) is 5.91 Å². The van der Waals surface area contributed by atoms with Gasteiger partial charge in [0, 0.05) is 6.54 Å². The molecule has 0 bridgehead atoms. The fourth-order valence-corrected chi connectivity index (χ4v) is 3.56. The summed E-state index contributed by atoms with van der Waals surface area (Å²) in [5.41, 5.74) is 0.688. The molecule has 0 saturated carbocycles. The number of urea groups is 2. The molecule has 2 aliphatic rings. The Morgan fingerprint density at radius 3 is 2.74 bits per heavy atom. The highest BCUT2D eigenvalue weighted by Gasteiger charge is 2.55. The lowest BCUT2D eigenvalue weighted by Crippen LogP contribution is -2.47. The third-order valence-corrected chi connectivity index (χ3v) is 4.98. The highest BCUT2D eigenvalue weighted by molar-refractivity contribution is 6.10. The summed E-state index contributed by atoms with van der Waals surface area (Å²) in [5, 5.41) is 7.48. The van der Waals surface area contributed by atoms with Crippen molar-refractivity contribution in [1.82, 2.24) is 20.9 Å². The first-order valence-electron chi connectivity index (χ1n) is 9.13. The molecule has 6 amide bonds. The molecule has 3 N–H and O–H groups in total. The van der Waals surface area contributed by atoms with E-state index in [-0.39, 0.29) is 0 Å². The van der Waals surface area contributed by atoms with Crippen molar-refractivity contribution in [3.05, 3.63) is 35.4 Å². The lowest BCUT2D eigenvalue weighted by Gasteiger charge is -2.22. The number of nitrogens with one attached hydrogen (secondary N) is 3. The zero-order valence-corrected chi connectivity index (χ0v) is 15.5. The molecule has 8 heteroatoms. The van der Waals surface area contributed by atoms with E-state index in [9.17, 15) is 19.2 Å². The Bertz CT molecular complexity index is 792. The standard InChI is InChI=1S/C19H24N4O4/c1-12(2)8-10-20-17(26)21-15(24)11-23-16(25)19(22-18(23)27)9-7-13-5-3-4-6-14(13)19/h3-6,12H,7-11H2,1-2H3,(H,22,27)(H2,20,21,24,26)/t19-/m0/s1. The number of imide groups is 2. The molecule has 144 valence electrons. The van der Waals surface area contributed by atoms with Crippen LogP contribution in [0, 0.1) is 5.92 Å². The molecule has 8 nitrogen and oxygen atoms in total. The molecule has 1 fully saturated rings. The number of amides is 6. The highest BCUT2D eigenvalue weighted by Crippen LogP contribution is 2.41. The molecular formula is C19H24N4O4. The van der Waals surface area contributed by atoms with Crippen molar-refractivity contribution < 1.29 is 19.2 Å². The normalized spacial score (nSPS) is 20.8. The summed E-state index contributed by atoms with van der Waals surface area (Å²) in [6.45, 7) is 4.00. The van der Waals surface area contributed by atoms with Crippen LogP contribution in [0.25, 0.3) is 0 Å². The quantitative estimate of drug-likeness (QED) is 0.676. The Kier molecular flexibility index (Phi) is 5.16. The van der Waals surface area contributed by atoms with Gasteiger partial charge in [0.05, 0.1) is 0 Å². The maximum atomic E-state index is 12.9. The maximum absolute atomic E-state index is 12.9. The van der Waals surface area contributed by atoms with Gasteiger partial charge < -0.3 is 10.6 Å². The van der Waals surface area contributed by atoms with Gasteiger partial charge in [-0.3, -0.25) is 19.8 Å². The van der Waals surface area contributed by atoms with Crippen molar-refractivity contribution >= 4 is 23.9 Å². The monoisotopic (exact) mass is 372 g/mol. The number of carbonyl (C=O) groups excluding carboxylic acids is 4. The van der Waals surface area contributed by atoms with E-state index in [1.807, 2.05) is 38.1 Å². The Labute approximate surface area is 157 Å². The van der Waals surface area contributed by atoms with E-state index in [1.54, 1.807) is 0 Å². The highest BCUT2D eigenvalue weighted by atomic mass is 16.2. The fraction of sp³-hybridized carbons (Fsp3) is 0.474. The van der Waals surface area contributed by atoms with E-state index < -0.39 is 36.0 Å². The molecule has 0 radical (unpaired) electrons. The maximum Gasteiger partial charge on any atom is 0.325 e. The first kappa shape index (κ1) is 18.9. The van der Waals surface area contributed by atoms with Crippen molar-refractivity contribution in [2.24, 2.45) is 5.92 Å². The van der Waals surface area contributed by atoms with Gasteiger partial charge in [0.1, 0.15) is 12.1 Å². The van der Waals surface area contributed by atoms with Crippen molar-refractivity contribution in [2.75, 3.05) is 13.1 Å². The van der Waals surface area contributed by atoms with Crippen molar-refractivity contribution in [3.8, 4) is 0 Å². The lowest BCUT2D eigenvalue weighted by molar-refractivity contribution is -0.135. The topological polar surface area (TPSA) is 108 Å². The van der Waals surface area contributed by atoms with Gasteiger partial charge >= 0.3 is 12.1 Å². The van der Waals surface area contributed by atoms with E-state index in [0.717, 1.165) is 22.4 Å². The first-order chi connectivity index (χ1) is 12.8. The van der Waals surface area contributed by atoms with E-state index in [2.05, 4.69) is 16.0 Å². The first-order valence-corrected chi connectivity index (χ1v) is 9.13.